The Morgan fingerprint density at radius 1 is 1.10 bits per heavy atom. The van der Waals surface area contributed by atoms with Gasteiger partial charge in [0.15, 0.2) is 0 Å². The van der Waals surface area contributed by atoms with E-state index in [4.69, 9.17) is 9.94 Å². The molecule has 6 nitrogen and oxygen atoms in total. The molecule has 0 aliphatic heterocycles. The maximum Gasteiger partial charge on any atom is 0.317 e. The van der Waals surface area contributed by atoms with Crippen LogP contribution in [0.25, 0.3) is 10.8 Å². The molecule has 0 saturated heterocycles. The van der Waals surface area contributed by atoms with Gasteiger partial charge in [0.25, 0.3) is 0 Å². The Bertz CT molecular complexity index is 1100. The van der Waals surface area contributed by atoms with Crippen LogP contribution in [0.5, 0.6) is 5.75 Å². The molecule has 3 aromatic rings. The molecule has 2 atom stereocenters. The van der Waals surface area contributed by atoms with Crippen LogP contribution in [0.4, 0.5) is 0 Å². The van der Waals surface area contributed by atoms with Gasteiger partial charge in [0, 0.05) is 6.42 Å². The Labute approximate surface area is 167 Å². The first-order valence-electron chi connectivity index (χ1n) is 9.32. The van der Waals surface area contributed by atoms with Gasteiger partial charge >= 0.3 is 5.97 Å². The lowest BCUT2D eigenvalue weighted by Crippen LogP contribution is -2.31. The standard InChI is InChI=1S/C23H21NO5/c1-29-22(27)23(13-19(23)21(26)24-28)17-9-10-20(25)16(12-17)11-15-7-4-6-14-5-2-3-8-18(14)15/h2-10,12,19,25,28H,11,13H2,1H3,(H,24,26)/t19-,23-/m1/s1. The fourth-order valence-corrected chi connectivity index (χ4v) is 4.16. The largest absolute Gasteiger partial charge is 0.508 e. The second-order valence-corrected chi connectivity index (χ2v) is 7.35. The van der Waals surface area contributed by atoms with E-state index in [0.29, 0.717) is 17.5 Å². The van der Waals surface area contributed by atoms with Crippen molar-refractivity contribution in [3.63, 3.8) is 0 Å². The average molecular weight is 391 g/mol. The molecule has 3 aromatic carbocycles. The van der Waals surface area contributed by atoms with Gasteiger partial charge in [0.2, 0.25) is 5.91 Å². The highest BCUT2D eigenvalue weighted by atomic mass is 16.5. The monoisotopic (exact) mass is 391 g/mol. The summed E-state index contributed by atoms with van der Waals surface area (Å²) in [6.45, 7) is 0. The molecular formula is C23H21NO5. The summed E-state index contributed by atoms with van der Waals surface area (Å²) in [4.78, 5) is 24.5. The fourth-order valence-electron chi connectivity index (χ4n) is 4.16. The van der Waals surface area contributed by atoms with Gasteiger partial charge in [-0.25, -0.2) is 5.48 Å². The highest BCUT2D eigenvalue weighted by molar-refractivity contribution is 5.98. The molecule has 1 amide bonds. The molecule has 29 heavy (non-hydrogen) atoms. The van der Waals surface area contributed by atoms with E-state index in [9.17, 15) is 14.7 Å². The Kier molecular flexibility index (Phi) is 4.72. The van der Waals surface area contributed by atoms with Gasteiger partial charge in [-0.15, -0.1) is 0 Å². The molecule has 1 fully saturated rings. The van der Waals surface area contributed by atoms with E-state index in [1.807, 2.05) is 42.5 Å². The lowest BCUT2D eigenvalue weighted by atomic mass is 9.89. The Morgan fingerprint density at radius 3 is 2.62 bits per heavy atom. The molecule has 1 aliphatic carbocycles. The van der Waals surface area contributed by atoms with Gasteiger partial charge in [-0.05, 0) is 39.9 Å². The van der Waals surface area contributed by atoms with Gasteiger partial charge in [-0.3, -0.25) is 14.8 Å². The molecule has 0 aromatic heterocycles. The van der Waals surface area contributed by atoms with Crippen LogP contribution in [-0.2, 0) is 26.2 Å². The summed E-state index contributed by atoms with van der Waals surface area (Å²) < 4.78 is 4.94. The minimum Gasteiger partial charge on any atom is -0.508 e. The van der Waals surface area contributed by atoms with Crippen LogP contribution in [-0.4, -0.2) is 29.3 Å². The first kappa shape index (κ1) is 19.0. The normalized spacial score (nSPS) is 20.3. The van der Waals surface area contributed by atoms with Crippen LogP contribution in [0, 0.1) is 5.92 Å². The van der Waals surface area contributed by atoms with Gasteiger partial charge < -0.3 is 9.84 Å². The van der Waals surface area contributed by atoms with E-state index in [0.717, 1.165) is 16.3 Å². The number of fused-ring (bicyclic) bond motifs is 1. The summed E-state index contributed by atoms with van der Waals surface area (Å²) in [5.74, 6) is -1.76. The number of methoxy groups -OCH3 is 1. The number of rotatable bonds is 5. The number of hydrogen-bond acceptors (Lipinski definition) is 5. The third kappa shape index (κ3) is 3.11. The molecule has 0 bridgehead atoms. The average Bonchev–Trinajstić information content (AvgIpc) is 3.51. The van der Waals surface area contributed by atoms with Crippen molar-refractivity contribution in [1.82, 2.24) is 5.48 Å². The number of amides is 1. The molecule has 148 valence electrons. The first-order chi connectivity index (χ1) is 14.0. The lowest BCUT2D eigenvalue weighted by Gasteiger charge is -2.17. The molecular weight excluding hydrogens is 370 g/mol. The number of benzene rings is 3. The number of esters is 1. The number of phenolic OH excluding ortho intramolecular Hbond substituents is 1. The highest BCUT2D eigenvalue weighted by Crippen LogP contribution is 2.55. The number of ether oxygens (including phenoxy) is 1. The third-order valence-electron chi connectivity index (χ3n) is 5.79. The summed E-state index contributed by atoms with van der Waals surface area (Å²) in [5.41, 5.74) is 2.75. The van der Waals surface area contributed by atoms with Crippen molar-refractivity contribution < 1.29 is 24.6 Å². The summed E-state index contributed by atoms with van der Waals surface area (Å²) in [6.07, 6.45) is 0.708. The Hall–Kier alpha value is -3.38. The lowest BCUT2D eigenvalue weighted by molar-refractivity contribution is -0.146. The number of nitrogens with one attached hydrogen (secondary N) is 1. The van der Waals surface area contributed by atoms with Crippen molar-refractivity contribution in [3.8, 4) is 5.75 Å². The number of hydroxylamine groups is 1. The van der Waals surface area contributed by atoms with E-state index in [1.54, 1.807) is 17.6 Å². The summed E-state index contributed by atoms with van der Waals surface area (Å²) in [6, 6.07) is 18.9. The number of carbonyl (C=O) groups excluding carboxylic acids is 2. The third-order valence-corrected chi connectivity index (χ3v) is 5.79. The van der Waals surface area contributed by atoms with Crippen LogP contribution < -0.4 is 5.48 Å². The fraction of sp³-hybridized carbons (Fsp3) is 0.217. The van der Waals surface area contributed by atoms with E-state index < -0.39 is 23.2 Å². The van der Waals surface area contributed by atoms with Gasteiger partial charge in [-0.1, -0.05) is 54.6 Å². The van der Waals surface area contributed by atoms with Crippen molar-refractivity contribution in [2.75, 3.05) is 7.11 Å². The van der Waals surface area contributed by atoms with Crippen molar-refractivity contribution >= 4 is 22.6 Å². The van der Waals surface area contributed by atoms with Crippen LogP contribution in [0.15, 0.2) is 60.7 Å². The zero-order chi connectivity index (χ0) is 20.6. The zero-order valence-electron chi connectivity index (χ0n) is 15.9. The Balaban J connectivity index is 1.74. The van der Waals surface area contributed by atoms with Gasteiger partial charge in [-0.2, -0.15) is 0 Å². The highest BCUT2D eigenvalue weighted by Gasteiger charge is 2.65. The Morgan fingerprint density at radius 2 is 1.86 bits per heavy atom. The minimum absolute atomic E-state index is 0.116. The quantitative estimate of drug-likeness (QED) is 0.353. The number of phenols is 1. The molecule has 3 N–H and O–H groups in total. The molecule has 0 spiro atoms. The second kappa shape index (κ2) is 7.22. The predicted octanol–water partition coefficient (Wildman–Crippen LogP) is 3.07. The van der Waals surface area contributed by atoms with E-state index in [1.165, 1.54) is 13.2 Å². The van der Waals surface area contributed by atoms with E-state index in [-0.39, 0.29) is 12.2 Å². The van der Waals surface area contributed by atoms with Crippen LogP contribution in [0.1, 0.15) is 23.1 Å². The SMILES string of the molecule is COC(=O)[C@@]1(c2ccc(O)c(Cc3cccc4ccccc34)c2)C[C@@H]1C(=O)NO. The first-order valence-corrected chi connectivity index (χ1v) is 9.32. The predicted molar refractivity (Wildman–Crippen MR) is 107 cm³/mol. The van der Waals surface area contributed by atoms with Crippen molar-refractivity contribution in [2.45, 2.75) is 18.3 Å². The molecule has 1 saturated carbocycles. The summed E-state index contributed by atoms with van der Waals surface area (Å²) in [7, 11) is 1.27. The molecule has 6 heteroatoms. The molecule has 1 aliphatic rings. The molecule has 0 radical (unpaired) electrons. The van der Waals surface area contributed by atoms with Crippen LogP contribution in [0.2, 0.25) is 0 Å². The van der Waals surface area contributed by atoms with Crippen LogP contribution in [0.3, 0.4) is 0 Å². The number of aromatic hydroxyl groups is 1. The van der Waals surface area contributed by atoms with Gasteiger partial charge in [0.05, 0.1) is 13.0 Å². The summed E-state index contributed by atoms with van der Waals surface area (Å²) >= 11 is 0. The minimum atomic E-state index is -1.15. The number of carbonyl (C=O) groups is 2. The van der Waals surface area contributed by atoms with Crippen molar-refractivity contribution in [1.29, 1.82) is 0 Å². The topological polar surface area (TPSA) is 95.9 Å². The van der Waals surface area contributed by atoms with Gasteiger partial charge in [0.1, 0.15) is 11.2 Å². The van der Waals surface area contributed by atoms with E-state index in [2.05, 4.69) is 0 Å². The maximum atomic E-state index is 12.5. The smallest absolute Gasteiger partial charge is 0.317 e. The molecule has 0 heterocycles. The molecule has 4 rings (SSSR count). The van der Waals surface area contributed by atoms with Crippen molar-refractivity contribution in [3.05, 3.63) is 77.4 Å². The second-order valence-electron chi connectivity index (χ2n) is 7.35. The number of hydrogen-bond donors (Lipinski definition) is 3. The van der Waals surface area contributed by atoms with E-state index >= 15 is 0 Å². The molecule has 0 unspecified atom stereocenters. The zero-order valence-corrected chi connectivity index (χ0v) is 15.9. The maximum absolute atomic E-state index is 12.5. The van der Waals surface area contributed by atoms with Crippen molar-refractivity contribution in [2.24, 2.45) is 5.92 Å². The van der Waals surface area contributed by atoms with Crippen LogP contribution >= 0.6 is 0 Å². The summed E-state index contributed by atoms with van der Waals surface area (Å²) in [5, 5.41) is 21.6.